The minimum Gasteiger partial charge on any atom is -0.398 e. The van der Waals surface area contributed by atoms with Crippen molar-refractivity contribution in [2.45, 2.75) is 13.3 Å². The van der Waals surface area contributed by atoms with Crippen molar-refractivity contribution in [1.29, 1.82) is 0 Å². The molecule has 3 N–H and O–H groups in total. The van der Waals surface area contributed by atoms with Crippen LogP contribution in [0.3, 0.4) is 0 Å². The Kier molecular flexibility index (Phi) is 2.39. The number of nitrogens with zero attached hydrogens (tertiary/aromatic N) is 1. The van der Waals surface area contributed by atoms with Crippen LogP contribution in [-0.2, 0) is 0 Å². The molecule has 3 rings (SSSR count). The van der Waals surface area contributed by atoms with Gasteiger partial charge < -0.3 is 11.1 Å². The first-order valence-electron chi connectivity index (χ1n) is 6.12. The summed E-state index contributed by atoms with van der Waals surface area (Å²) in [5.41, 5.74) is 7.90. The lowest BCUT2D eigenvalue weighted by Crippen LogP contribution is -2.05. The summed E-state index contributed by atoms with van der Waals surface area (Å²) in [5, 5.41) is 5.71. The van der Waals surface area contributed by atoms with E-state index in [-0.39, 0.29) is 0 Å². The zero-order chi connectivity index (χ0) is 11.8. The van der Waals surface area contributed by atoms with Gasteiger partial charge in [-0.25, -0.2) is 0 Å². The van der Waals surface area contributed by atoms with Gasteiger partial charge in [-0.3, -0.25) is 4.98 Å². The van der Waals surface area contributed by atoms with Crippen LogP contribution in [0.2, 0.25) is 0 Å². The number of aromatic nitrogens is 1. The van der Waals surface area contributed by atoms with E-state index in [2.05, 4.69) is 23.3 Å². The van der Waals surface area contributed by atoms with Crippen molar-refractivity contribution in [1.82, 2.24) is 4.98 Å². The van der Waals surface area contributed by atoms with Crippen LogP contribution in [0.4, 0.5) is 11.4 Å². The zero-order valence-electron chi connectivity index (χ0n) is 9.98. The monoisotopic (exact) mass is 227 g/mol. The second-order valence-electron chi connectivity index (χ2n) is 4.98. The van der Waals surface area contributed by atoms with Gasteiger partial charge in [0.05, 0.1) is 0 Å². The summed E-state index contributed by atoms with van der Waals surface area (Å²) in [6, 6.07) is 6.03. The Labute approximate surface area is 101 Å². The normalized spacial score (nSPS) is 22.6. The molecule has 1 aliphatic carbocycles. The molecule has 1 fully saturated rings. The summed E-state index contributed by atoms with van der Waals surface area (Å²) in [6.07, 6.45) is 4.99. The first kappa shape index (κ1) is 10.4. The van der Waals surface area contributed by atoms with Gasteiger partial charge in [0.2, 0.25) is 0 Å². The van der Waals surface area contributed by atoms with Gasteiger partial charge >= 0.3 is 0 Å². The minimum atomic E-state index is 0.790. The van der Waals surface area contributed by atoms with E-state index in [0.717, 1.165) is 40.5 Å². The van der Waals surface area contributed by atoms with E-state index in [1.165, 1.54) is 6.42 Å². The highest BCUT2D eigenvalue weighted by atomic mass is 14.9. The van der Waals surface area contributed by atoms with E-state index in [1.807, 2.05) is 24.5 Å². The van der Waals surface area contributed by atoms with Crippen molar-refractivity contribution >= 4 is 22.1 Å². The molecule has 17 heavy (non-hydrogen) atoms. The predicted octanol–water partition coefficient (Wildman–Crippen LogP) is 2.88. The van der Waals surface area contributed by atoms with Crippen LogP contribution in [-0.4, -0.2) is 11.5 Å². The predicted molar refractivity (Wildman–Crippen MR) is 71.9 cm³/mol. The molecule has 0 radical (unpaired) electrons. The van der Waals surface area contributed by atoms with Crippen LogP contribution in [0, 0.1) is 11.8 Å². The number of anilines is 2. The topological polar surface area (TPSA) is 50.9 Å². The maximum absolute atomic E-state index is 5.95. The van der Waals surface area contributed by atoms with Crippen molar-refractivity contribution in [3.8, 4) is 0 Å². The molecule has 3 nitrogen and oxygen atoms in total. The Morgan fingerprint density at radius 3 is 2.94 bits per heavy atom. The second kappa shape index (κ2) is 3.91. The molecule has 1 aromatic heterocycles. The largest absolute Gasteiger partial charge is 0.398 e. The molecule has 0 saturated heterocycles. The zero-order valence-corrected chi connectivity index (χ0v) is 9.98. The van der Waals surface area contributed by atoms with E-state index < -0.39 is 0 Å². The molecular formula is C14H17N3. The van der Waals surface area contributed by atoms with E-state index >= 15 is 0 Å². The number of hydrogen-bond donors (Lipinski definition) is 2. The molecular weight excluding hydrogens is 210 g/mol. The average Bonchev–Trinajstić information content (AvgIpc) is 3.05. The molecule has 1 aromatic carbocycles. The van der Waals surface area contributed by atoms with Gasteiger partial charge in [0.15, 0.2) is 0 Å². The van der Waals surface area contributed by atoms with Crippen molar-refractivity contribution in [2.24, 2.45) is 11.8 Å². The van der Waals surface area contributed by atoms with Crippen molar-refractivity contribution in [3.63, 3.8) is 0 Å². The van der Waals surface area contributed by atoms with E-state index in [0.29, 0.717) is 0 Å². The third-order valence-electron chi connectivity index (χ3n) is 3.68. The fourth-order valence-corrected chi connectivity index (χ4v) is 2.29. The summed E-state index contributed by atoms with van der Waals surface area (Å²) in [6.45, 7) is 3.36. The molecule has 1 aliphatic rings. The number of hydrogen-bond acceptors (Lipinski definition) is 3. The molecule has 0 amide bonds. The average molecular weight is 227 g/mol. The number of nitrogen functional groups attached to an aromatic ring is 1. The molecule has 0 bridgehead atoms. The Morgan fingerprint density at radius 1 is 1.35 bits per heavy atom. The summed E-state index contributed by atoms with van der Waals surface area (Å²) >= 11 is 0. The molecule has 3 heteroatoms. The minimum absolute atomic E-state index is 0.790. The van der Waals surface area contributed by atoms with Crippen LogP contribution in [0.25, 0.3) is 10.8 Å². The summed E-state index contributed by atoms with van der Waals surface area (Å²) in [4.78, 5) is 4.13. The van der Waals surface area contributed by atoms with Crippen molar-refractivity contribution in [3.05, 3.63) is 30.6 Å². The Hall–Kier alpha value is -1.77. The molecule has 2 unspecified atom stereocenters. The fraction of sp³-hybridized carbons (Fsp3) is 0.357. The number of pyridine rings is 1. The van der Waals surface area contributed by atoms with Gasteiger partial charge in [0.1, 0.15) is 0 Å². The Bertz CT molecular complexity index is 550. The molecule has 0 aliphatic heterocycles. The van der Waals surface area contributed by atoms with Gasteiger partial charge in [-0.1, -0.05) is 6.92 Å². The number of nitrogens with two attached hydrogens (primary N) is 1. The van der Waals surface area contributed by atoms with E-state index in [1.54, 1.807) is 0 Å². The van der Waals surface area contributed by atoms with Gasteiger partial charge in [-0.05, 0) is 36.5 Å². The fourth-order valence-electron chi connectivity index (χ4n) is 2.29. The van der Waals surface area contributed by atoms with Gasteiger partial charge in [-0.2, -0.15) is 0 Å². The van der Waals surface area contributed by atoms with Crippen LogP contribution in [0.1, 0.15) is 13.3 Å². The highest BCUT2D eigenvalue weighted by molar-refractivity contribution is 6.00. The van der Waals surface area contributed by atoms with Crippen LogP contribution >= 0.6 is 0 Å². The first-order chi connectivity index (χ1) is 8.25. The van der Waals surface area contributed by atoms with Gasteiger partial charge in [0.25, 0.3) is 0 Å². The molecule has 2 atom stereocenters. The Balaban J connectivity index is 1.90. The SMILES string of the molecule is CC1CC1CNc1ccc(N)c2cnccc12. The highest BCUT2D eigenvalue weighted by Crippen LogP contribution is 2.38. The van der Waals surface area contributed by atoms with Crippen LogP contribution in [0.5, 0.6) is 0 Å². The van der Waals surface area contributed by atoms with Crippen molar-refractivity contribution in [2.75, 3.05) is 17.6 Å². The maximum atomic E-state index is 5.95. The quantitative estimate of drug-likeness (QED) is 0.793. The molecule has 88 valence electrons. The summed E-state index contributed by atoms with van der Waals surface area (Å²) in [7, 11) is 0. The lowest BCUT2D eigenvalue weighted by atomic mass is 10.1. The number of rotatable bonds is 3. The lowest BCUT2D eigenvalue weighted by Gasteiger charge is -2.10. The highest BCUT2D eigenvalue weighted by Gasteiger charge is 2.31. The molecule has 1 heterocycles. The maximum Gasteiger partial charge on any atom is 0.0422 e. The summed E-state index contributed by atoms with van der Waals surface area (Å²) in [5.74, 6) is 1.72. The molecule has 1 saturated carbocycles. The summed E-state index contributed by atoms with van der Waals surface area (Å²) < 4.78 is 0. The van der Waals surface area contributed by atoms with Gasteiger partial charge in [0, 0.05) is 41.1 Å². The molecule has 0 spiro atoms. The lowest BCUT2D eigenvalue weighted by molar-refractivity contribution is 0.788. The van der Waals surface area contributed by atoms with E-state index in [9.17, 15) is 0 Å². The number of fused-ring (bicyclic) bond motifs is 1. The second-order valence-corrected chi connectivity index (χ2v) is 4.98. The van der Waals surface area contributed by atoms with E-state index in [4.69, 9.17) is 5.73 Å². The van der Waals surface area contributed by atoms with Crippen LogP contribution < -0.4 is 11.1 Å². The first-order valence-corrected chi connectivity index (χ1v) is 6.12. The van der Waals surface area contributed by atoms with Gasteiger partial charge in [-0.15, -0.1) is 0 Å². The Morgan fingerprint density at radius 2 is 2.18 bits per heavy atom. The standard InChI is InChI=1S/C14H17N3/c1-9-6-10(9)7-17-14-3-2-13(15)12-8-16-5-4-11(12)14/h2-5,8-10,17H,6-7,15H2,1H3. The smallest absolute Gasteiger partial charge is 0.0422 e. The number of benzene rings is 1. The molecule has 2 aromatic rings. The third-order valence-corrected chi connectivity index (χ3v) is 3.68. The number of nitrogens with one attached hydrogen (secondary N) is 1. The van der Waals surface area contributed by atoms with Crippen molar-refractivity contribution < 1.29 is 0 Å². The van der Waals surface area contributed by atoms with Crippen LogP contribution in [0.15, 0.2) is 30.6 Å². The third kappa shape index (κ3) is 1.93.